The van der Waals surface area contributed by atoms with E-state index in [4.69, 9.17) is 32.5 Å². The summed E-state index contributed by atoms with van der Waals surface area (Å²) in [5.41, 5.74) is 0.460. The van der Waals surface area contributed by atoms with Crippen LogP contribution in [0.1, 0.15) is 28.1 Å². The van der Waals surface area contributed by atoms with Crippen LogP contribution in [0.5, 0.6) is 0 Å². The van der Waals surface area contributed by atoms with E-state index >= 15 is 0 Å². The van der Waals surface area contributed by atoms with Crippen molar-refractivity contribution in [2.45, 2.75) is 13.0 Å². The van der Waals surface area contributed by atoms with Crippen molar-refractivity contribution in [3.63, 3.8) is 0 Å². The van der Waals surface area contributed by atoms with Gasteiger partial charge in [-0.3, -0.25) is 4.79 Å². The number of ether oxygens (including phenoxy) is 1. The lowest BCUT2D eigenvalue weighted by atomic mass is 10.1. The van der Waals surface area contributed by atoms with Crippen LogP contribution in [0.2, 0.25) is 10.0 Å². The maximum absolute atomic E-state index is 12.7. The van der Waals surface area contributed by atoms with Gasteiger partial charge in [0.1, 0.15) is 6.04 Å². The van der Waals surface area contributed by atoms with Crippen LogP contribution in [0.15, 0.2) is 22.7 Å². The van der Waals surface area contributed by atoms with E-state index in [1.165, 1.54) is 0 Å². The second-order valence-corrected chi connectivity index (χ2v) is 5.70. The number of hydrogen-bond acceptors (Lipinski definition) is 5. The minimum Gasteiger partial charge on any atom is -0.377 e. The van der Waals surface area contributed by atoms with Crippen molar-refractivity contribution in [2.75, 3.05) is 19.8 Å². The number of aryl methyl sites for hydroxylation is 1. The van der Waals surface area contributed by atoms with Crippen LogP contribution >= 0.6 is 23.2 Å². The molecule has 0 unspecified atom stereocenters. The molecule has 2 aromatic rings. The standard InChI is InChI=1S/C14H13Cl2N3O3/c1-8-17-13(18-22-8)12-7-21-5-4-19(12)14(20)9-2-3-10(15)11(16)6-9/h2-3,6,12H,4-5,7H2,1H3/t12-/m1/s1. The summed E-state index contributed by atoms with van der Waals surface area (Å²) >= 11 is 11.9. The molecule has 22 heavy (non-hydrogen) atoms. The Morgan fingerprint density at radius 1 is 1.36 bits per heavy atom. The van der Waals surface area contributed by atoms with E-state index in [0.717, 1.165) is 0 Å². The molecule has 1 atom stereocenters. The van der Waals surface area contributed by atoms with Crippen molar-refractivity contribution < 1.29 is 14.1 Å². The van der Waals surface area contributed by atoms with Gasteiger partial charge in [-0.15, -0.1) is 0 Å². The lowest BCUT2D eigenvalue weighted by molar-refractivity contribution is -0.00576. The first-order valence-corrected chi connectivity index (χ1v) is 7.46. The Morgan fingerprint density at radius 2 is 2.18 bits per heavy atom. The van der Waals surface area contributed by atoms with E-state index in [0.29, 0.717) is 47.1 Å². The number of hydrogen-bond donors (Lipinski definition) is 0. The average Bonchev–Trinajstić information content (AvgIpc) is 2.96. The van der Waals surface area contributed by atoms with E-state index in [9.17, 15) is 4.79 Å². The summed E-state index contributed by atoms with van der Waals surface area (Å²) in [5, 5.41) is 4.64. The van der Waals surface area contributed by atoms with E-state index in [-0.39, 0.29) is 11.9 Å². The zero-order valence-corrected chi connectivity index (χ0v) is 13.3. The first-order valence-electron chi connectivity index (χ1n) is 6.70. The van der Waals surface area contributed by atoms with Gasteiger partial charge in [-0.25, -0.2) is 0 Å². The summed E-state index contributed by atoms with van der Waals surface area (Å²) in [6.07, 6.45) is 0. The molecule has 1 saturated heterocycles. The van der Waals surface area contributed by atoms with Gasteiger partial charge in [0, 0.05) is 19.0 Å². The smallest absolute Gasteiger partial charge is 0.254 e. The first-order chi connectivity index (χ1) is 10.6. The van der Waals surface area contributed by atoms with Crippen LogP contribution in [0, 0.1) is 6.92 Å². The van der Waals surface area contributed by atoms with Crippen molar-refractivity contribution in [3.05, 3.63) is 45.5 Å². The van der Waals surface area contributed by atoms with Crippen molar-refractivity contribution in [1.29, 1.82) is 0 Å². The normalized spacial score (nSPS) is 18.5. The zero-order chi connectivity index (χ0) is 15.7. The van der Waals surface area contributed by atoms with Crippen LogP contribution in [0.3, 0.4) is 0 Å². The number of nitrogens with zero attached hydrogens (tertiary/aromatic N) is 3. The quantitative estimate of drug-likeness (QED) is 0.839. The van der Waals surface area contributed by atoms with Crippen LogP contribution in [0.4, 0.5) is 0 Å². The van der Waals surface area contributed by atoms with Gasteiger partial charge < -0.3 is 14.2 Å². The molecule has 1 aliphatic heterocycles. The number of benzene rings is 1. The highest BCUT2D eigenvalue weighted by Crippen LogP contribution is 2.27. The molecular formula is C14H13Cl2N3O3. The Kier molecular flexibility index (Phi) is 4.33. The van der Waals surface area contributed by atoms with E-state index in [1.54, 1.807) is 30.0 Å². The highest BCUT2D eigenvalue weighted by atomic mass is 35.5. The Morgan fingerprint density at radius 3 is 2.86 bits per heavy atom. The fourth-order valence-corrected chi connectivity index (χ4v) is 2.60. The summed E-state index contributed by atoms with van der Waals surface area (Å²) in [6.45, 7) is 2.93. The molecule has 1 aromatic heterocycles. The van der Waals surface area contributed by atoms with E-state index < -0.39 is 0 Å². The SMILES string of the molecule is Cc1nc([C@H]2COCCN2C(=O)c2ccc(Cl)c(Cl)c2)no1. The highest BCUT2D eigenvalue weighted by molar-refractivity contribution is 6.42. The fourth-order valence-electron chi connectivity index (χ4n) is 2.31. The van der Waals surface area contributed by atoms with Crippen LogP contribution < -0.4 is 0 Å². The summed E-state index contributed by atoms with van der Waals surface area (Å²) < 4.78 is 10.4. The van der Waals surface area contributed by atoms with Gasteiger partial charge in [0.05, 0.1) is 23.3 Å². The van der Waals surface area contributed by atoms with Gasteiger partial charge >= 0.3 is 0 Å². The topological polar surface area (TPSA) is 68.5 Å². The molecule has 0 bridgehead atoms. The molecule has 0 aliphatic carbocycles. The third-order valence-corrected chi connectivity index (χ3v) is 4.14. The number of carbonyl (C=O) groups is 1. The van der Waals surface area contributed by atoms with E-state index in [2.05, 4.69) is 10.1 Å². The molecule has 1 aliphatic rings. The van der Waals surface area contributed by atoms with Crippen molar-refractivity contribution in [2.24, 2.45) is 0 Å². The molecule has 1 amide bonds. The molecule has 2 heterocycles. The second-order valence-electron chi connectivity index (χ2n) is 4.89. The van der Waals surface area contributed by atoms with Gasteiger partial charge in [0.2, 0.25) is 5.89 Å². The molecule has 0 spiro atoms. The Labute approximate surface area is 136 Å². The molecule has 1 aromatic carbocycles. The average molecular weight is 342 g/mol. The molecular weight excluding hydrogens is 329 g/mol. The third-order valence-electron chi connectivity index (χ3n) is 3.40. The van der Waals surface area contributed by atoms with Crippen molar-refractivity contribution in [3.8, 4) is 0 Å². The van der Waals surface area contributed by atoms with Crippen LogP contribution in [0.25, 0.3) is 0 Å². The number of carbonyl (C=O) groups excluding carboxylic acids is 1. The first kappa shape index (κ1) is 15.3. The monoisotopic (exact) mass is 341 g/mol. The minimum atomic E-state index is -0.381. The largest absolute Gasteiger partial charge is 0.377 e. The fraction of sp³-hybridized carbons (Fsp3) is 0.357. The summed E-state index contributed by atoms with van der Waals surface area (Å²) in [4.78, 5) is 18.6. The van der Waals surface area contributed by atoms with Crippen LogP contribution in [-0.2, 0) is 4.74 Å². The lowest BCUT2D eigenvalue weighted by Crippen LogP contribution is -2.43. The van der Waals surface area contributed by atoms with Gasteiger partial charge in [-0.1, -0.05) is 28.4 Å². The maximum atomic E-state index is 12.7. The number of aromatic nitrogens is 2. The zero-order valence-electron chi connectivity index (χ0n) is 11.8. The van der Waals surface area contributed by atoms with Gasteiger partial charge in [-0.2, -0.15) is 4.98 Å². The molecule has 0 radical (unpaired) electrons. The predicted molar refractivity (Wildman–Crippen MR) is 80.1 cm³/mol. The Hall–Kier alpha value is -1.63. The Bertz CT molecular complexity index is 704. The number of morpholine rings is 1. The predicted octanol–water partition coefficient (Wildman–Crippen LogP) is 2.90. The summed E-state index contributed by atoms with van der Waals surface area (Å²) in [7, 11) is 0. The highest BCUT2D eigenvalue weighted by Gasteiger charge is 2.32. The van der Waals surface area contributed by atoms with Crippen molar-refractivity contribution >= 4 is 29.1 Å². The molecule has 116 valence electrons. The maximum Gasteiger partial charge on any atom is 0.254 e. The molecule has 0 saturated carbocycles. The minimum absolute atomic E-state index is 0.172. The number of rotatable bonds is 2. The van der Waals surface area contributed by atoms with Gasteiger partial charge in [0.15, 0.2) is 5.82 Å². The number of halogens is 2. The van der Waals surface area contributed by atoms with Gasteiger partial charge in [-0.05, 0) is 18.2 Å². The molecule has 8 heteroatoms. The van der Waals surface area contributed by atoms with E-state index in [1.807, 2.05) is 0 Å². The molecule has 3 rings (SSSR count). The van der Waals surface area contributed by atoms with Crippen molar-refractivity contribution in [1.82, 2.24) is 15.0 Å². The third kappa shape index (κ3) is 2.95. The lowest BCUT2D eigenvalue weighted by Gasteiger charge is -2.33. The molecule has 1 fully saturated rings. The molecule has 0 N–H and O–H groups in total. The Balaban J connectivity index is 1.89. The van der Waals surface area contributed by atoms with Gasteiger partial charge in [0.25, 0.3) is 5.91 Å². The number of amides is 1. The summed E-state index contributed by atoms with van der Waals surface area (Å²) in [5.74, 6) is 0.711. The van der Waals surface area contributed by atoms with Crippen LogP contribution in [-0.4, -0.2) is 40.7 Å². The molecule has 6 nitrogen and oxygen atoms in total. The second kappa shape index (κ2) is 6.24. The summed E-state index contributed by atoms with van der Waals surface area (Å²) in [6, 6.07) is 4.42.